The monoisotopic (exact) mass is 282 g/mol. The number of carbonyl (C=O) groups is 1. The van der Waals surface area contributed by atoms with E-state index in [9.17, 15) is 48.7 Å². The molecule has 0 bridgehead atoms. The average molecular weight is 282 g/mol. The van der Waals surface area contributed by atoms with Crippen molar-refractivity contribution >= 4 is 6.04 Å². The lowest BCUT2D eigenvalue weighted by molar-refractivity contribution is -0.464. The van der Waals surface area contributed by atoms with Gasteiger partial charge in [0.05, 0.1) is 0 Å². The van der Waals surface area contributed by atoms with Gasteiger partial charge in [-0.05, 0) is 0 Å². The van der Waals surface area contributed by atoms with E-state index in [2.05, 4.69) is 0 Å². The van der Waals surface area contributed by atoms with E-state index in [4.69, 9.17) is 0 Å². The van der Waals surface area contributed by atoms with Crippen LogP contribution in [0.1, 0.15) is 0 Å². The zero-order chi connectivity index (χ0) is 14.3. The molecule has 0 aliphatic heterocycles. The molecule has 0 rings (SSSR count). The SMILES string of the molecule is O=C(F)C(F)(F)OC(F)(F)C(F)(F)C(F)(F)F. The van der Waals surface area contributed by atoms with Gasteiger partial charge in [-0.2, -0.15) is 43.9 Å². The second-order valence-electron chi connectivity index (χ2n) is 2.48. The fourth-order valence-electron chi connectivity index (χ4n) is 0.430. The molecule has 0 aromatic heterocycles. The van der Waals surface area contributed by atoms with E-state index in [1.165, 1.54) is 0 Å². The van der Waals surface area contributed by atoms with Crippen LogP contribution in [-0.4, -0.2) is 30.4 Å². The summed E-state index contributed by atoms with van der Waals surface area (Å²) >= 11 is 0. The first-order valence-corrected chi connectivity index (χ1v) is 3.25. The van der Waals surface area contributed by atoms with E-state index >= 15 is 0 Å². The van der Waals surface area contributed by atoms with Crippen LogP contribution in [0.25, 0.3) is 0 Å². The van der Waals surface area contributed by atoms with E-state index in [0.29, 0.717) is 0 Å². The Morgan fingerprint density at radius 3 is 1.41 bits per heavy atom. The van der Waals surface area contributed by atoms with Crippen molar-refractivity contribution in [1.82, 2.24) is 0 Å². The van der Waals surface area contributed by atoms with Crippen LogP contribution in [0, 0.1) is 0 Å². The molecule has 102 valence electrons. The minimum Gasteiger partial charge on any atom is -0.251 e. The van der Waals surface area contributed by atoms with Gasteiger partial charge < -0.3 is 0 Å². The van der Waals surface area contributed by atoms with Crippen LogP contribution < -0.4 is 0 Å². The molecular formula is C5F10O2. The molecule has 0 heterocycles. The quantitative estimate of drug-likeness (QED) is 0.585. The molecule has 0 fully saturated rings. The number of halogens is 10. The highest BCUT2D eigenvalue weighted by Gasteiger charge is 2.77. The Bertz CT molecular complexity index is 304. The summed E-state index contributed by atoms with van der Waals surface area (Å²) in [6, 6.07) is -3.95. The Morgan fingerprint density at radius 1 is 0.824 bits per heavy atom. The van der Waals surface area contributed by atoms with Gasteiger partial charge in [0.1, 0.15) is 0 Å². The summed E-state index contributed by atoms with van der Waals surface area (Å²) in [5.74, 6) is -7.03. The number of carbonyl (C=O) groups excluding carboxylic acids is 1. The van der Waals surface area contributed by atoms with Crippen molar-refractivity contribution in [3.8, 4) is 0 Å². The van der Waals surface area contributed by atoms with E-state index in [0.717, 1.165) is 0 Å². The van der Waals surface area contributed by atoms with Gasteiger partial charge in [0.15, 0.2) is 0 Å². The fraction of sp³-hybridized carbons (Fsp3) is 0.800. The zero-order valence-electron chi connectivity index (χ0n) is 7.10. The standard InChI is InChI=1S/C5F10O2/c6-1(16)2(7,8)17-5(14,15)3(9,10)4(11,12)13. The maximum atomic E-state index is 12.1. The molecule has 2 nitrogen and oxygen atoms in total. The molecule has 0 amide bonds. The van der Waals surface area contributed by atoms with E-state index in [1.807, 2.05) is 0 Å². The van der Waals surface area contributed by atoms with Crippen LogP contribution in [-0.2, 0) is 9.53 Å². The first-order chi connectivity index (χ1) is 7.15. The van der Waals surface area contributed by atoms with Crippen LogP contribution >= 0.6 is 0 Å². The maximum absolute atomic E-state index is 12.1. The number of rotatable bonds is 4. The zero-order valence-corrected chi connectivity index (χ0v) is 7.10. The molecule has 12 heteroatoms. The summed E-state index contributed by atoms with van der Waals surface area (Å²) in [5, 5.41) is 0. The lowest BCUT2D eigenvalue weighted by atomic mass is 10.3. The van der Waals surface area contributed by atoms with E-state index in [1.54, 1.807) is 4.74 Å². The summed E-state index contributed by atoms with van der Waals surface area (Å²) in [5.41, 5.74) is 0. The Kier molecular flexibility index (Phi) is 3.74. The minimum atomic E-state index is -7.03. The molecule has 0 N–H and O–H groups in total. The van der Waals surface area contributed by atoms with Gasteiger partial charge in [0.2, 0.25) is 0 Å². The molecule has 0 aromatic carbocycles. The predicted molar refractivity (Wildman–Crippen MR) is 28.1 cm³/mol. The van der Waals surface area contributed by atoms with Crippen molar-refractivity contribution < 1.29 is 53.4 Å². The third-order valence-corrected chi connectivity index (χ3v) is 1.21. The maximum Gasteiger partial charge on any atom is 0.462 e. The van der Waals surface area contributed by atoms with Crippen LogP contribution in [0.5, 0.6) is 0 Å². The fourth-order valence-corrected chi connectivity index (χ4v) is 0.430. The van der Waals surface area contributed by atoms with Crippen molar-refractivity contribution in [1.29, 1.82) is 0 Å². The average Bonchev–Trinajstić information content (AvgIpc) is 1.98. The normalized spacial score (nSPS) is 14.9. The van der Waals surface area contributed by atoms with Crippen molar-refractivity contribution in [3.63, 3.8) is 0 Å². The molecule has 0 radical (unpaired) electrons. The van der Waals surface area contributed by atoms with Crippen LogP contribution in [0.3, 0.4) is 0 Å². The molecule has 0 saturated carbocycles. The summed E-state index contributed by atoms with van der Waals surface area (Å²) in [6.45, 7) is 0. The third-order valence-electron chi connectivity index (χ3n) is 1.21. The van der Waals surface area contributed by atoms with Gasteiger partial charge >= 0.3 is 30.4 Å². The largest absolute Gasteiger partial charge is 0.462 e. The number of hydrogen-bond acceptors (Lipinski definition) is 2. The number of hydrogen-bond donors (Lipinski definition) is 0. The lowest BCUT2D eigenvalue weighted by Crippen LogP contribution is -2.56. The molecule has 0 atom stereocenters. The highest BCUT2D eigenvalue weighted by molar-refractivity contribution is 5.74. The Hall–Kier alpha value is -1.07. The highest BCUT2D eigenvalue weighted by Crippen LogP contribution is 2.48. The van der Waals surface area contributed by atoms with Gasteiger partial charge in [-0.3, -0.25) is 4.79 Å². The molecule has 17 heavy (non-hydrogen) atoms. The third kappa shape index (κ3) is 2.98. The van der Waals surface area contributed by atoms with E-state index < -0.39 is 30.4 Å². The van der Waals surface area contributed by atoms with Crippen LogP contribution in [0.2, 0.25) is 0 Å². The van der Waals surface area contributed by atoms with Gasteiger partial charge in [0.25, 0.3) is 0 Å². The van der Waals surface area contributed by atoms with Crippen LogP contribution in [0.15, 0.2) is 0 Å². The van der Waals surface area contributed by atoms with Gasteiger partial charge in [-0.1, -0.05) is 0 Å². The van der Waals surface area contributed by atoms with Crippen molar-refractivity contribution in [2.45, 2.75) is 24.3 Å². The first kappa shape index (κ1) is 15.9. The number of alkyl halides is 9. The van der Waals surface area contributed by atoms with Crippen LogP contribution in [0.4, 0.5) is 43.9 Å². The minimum absolute atomic E-state index is 1.62. The van der Waals surface area contributed by atoms with Gasteiger partial charge in [-0.15, -0.1) is 0 Å². The summed E-state index contributed by atoms with van der Waals surface area (Å²) < 4.78 is 119. The second kappa shape index (κ2) is 3.99. The molecule has 0 aliphatic carbocycles. The topological polar surface area (TPSA) is 26.3 Å². The molecule has 0 saturated heterocycles. The van der Waals surface area contributed by atoms with Gasteiger partial charge in [0, 0.05) is 0 Å². The second-order valence-corrected chi connectivity index (χ2v) is 2.48. The lowest BCUT2D eigenvalue weighted by Gasteiger charge is -2.28. The first-order valence-electron chi connectivity index (χ1n) is 3.25. The van der Waals surface area contributed by atoms with Crippen molar-refractivity contribution in [2.24, 2.45) is 0 Å². The Labute approximate surface area is 85.1 Å². The summed E-state index contributed by atoms with van der Waals surface area (Å²) in [4.78, 5) is 9.32. The smallest absolute Gasteiger partial charge is 0.251 e. The molecule has 0 aromatic rings. The summed E-state index contributed by atoms with van der Waals surface area (Å²) in [7, 11) is 0. The molecule has 0 spiro atoms. The Morgan fingerprint density at radius 2 is 1.18 bits per heavy atom. The molecular weight excluding hydrogens is 282 g/mol. The van der Waals surface area contributed by atoms with Crippen molar-refractivity contribution in [2.75, 3.05) is 0 Å². The number of ether oxygens (including phenoxy) is 1. The molecule has 0 unspecified atom stereocenters. The van der Waals surface area contributed by atoms with Gasteiger partial charge in [-0.25, -0.2) is 4.74 Å². The summed E-state index contributed by atoms with van der Waals surface area (Å²) in [6.07, 6.45) is -19.9. The molecule has 0 aliphatic rings. The van der Waals surface area contributed by atoms with Crippen molar-refractivity contribution in [3.05, 3.63) is 0 Å². The predicted octanol–water partition coefficient (Wildman–Crippen LogP) is 2.88. The Balaban J connectivity index is 5.24. The van der Waals surface area contributed by atoms with E-state index in [-0.39, 0.29) is 0 Å². The highest BCUT2D eigenvalue weighted by atomic mass is 19.4.